The summed E-state index contributed by atoms with van der Waals surface area (Å²) in [6.07, 6.45) is 1.03. The minimum absolute atomic E-state index is 0.0311. The molecule has 0 saturated carbocycles. The Morgan fingerprint density at radius 3 is 2.19 bits per heavy atom. The van der Waals surface area contributed by atoms with Crippen LogP contribution in [0.15, 0.2) is 28.7 Å². The molecular weight excluding hydrogens is 258 g/mol. The van der Waals surface area contributed by atoms with Crippen LogP contribution in [-0.2, 0) is 11.8 Å². The van der Waals surface area contributed by atoms with Crippen molar-refractivity contribution in [3.05, 3.63) is 40.9 Å². The van der Waals surface area contributed by atoms with Gasteiger partial charge in [-0.25, -0.2) is 4.58 Å². The Balaban J connectivity index is 2.77. The minimum atomic E-state index is 0.0311. The van der Waals surface area contributed by atoms with Crippen LogP contribution in [0.1, 0.15) is 52.9 Å². The van der Waals surface area contributed by atoms with E-state index in [0.29, 0.717) is 0 Å². The van der Waals surface area contributed by atoms with Crippen molar-refractivity contribution in [3.63, 3.8) is 0 Å². The molecule has 114 valence electrons. The average molecular weight is 286 g/mol. The SMILES string of the molecule is CCc1cc(C(C)(C)C)oc2cc(=[N+](CC)CC)ccc1-2. The van der Waals surface area contributed by atoms with Gasteiger partial charge in [0.05, 0.1) is 6.07 Å². The first-order valence-corrected chi connectivity index (χ1v) is 8.05. The van der Waals surface area contributed by atoms with Crippen LogP contribution in [0.2, 0.25) is 0 Å². The summed E-state index contributed by atoms with van der Waals surface area (Å²) in [5, 5.41) is 1.24. The first-order valence-electron chi connectivity index (χ1n) is 8.05. The van der Waals surface area contributed by atoms with E-state index in [-0.39, 0.29) is 5.41 Å². The van der Waals surface area contributed by atoms with Crippen LogP contribution < -0.4 is 9.93 Å². The molecule has 0 amide bonds. The lowest BCUT2D eigenvalue weighted by molar-refractivity contribution is 0.403. The van der Waals surface area contributed by atoms with Crippen LogP contribution in [0.25, 0.3) is 11.3 Å². The number of rotatable bonds is 3. The van der Waals surface area contributed by atoms with Crippen LogP contribution >= 0.6 is 0 Å². The van der Waals surface area contributed by atoms with Gasteiger partial charge in [0, 0.05) is 17.0 Å². The Morgan fingerprint density at radius 2 is 1.67 bits per heavy atom. The zero-order chi connectivity index (χ0) is 15.6. The van der Waals surface area contributed by atoms with E-state index in [0.717, 1.165) is 31.0 Å². The monoisotopic (exact) mass is 286 g/mol. The van der Waals surface area contributed by atoms with Crippen LogP contribution in [0.3, 0.4) is 0 Å². The van der Waals surface area contributed by atoms with Gasteiger partial charge in [-0.05, 0) is 38.0 Å². The molecule has 0 radical (unpaired) electrons. The highest BCUT2D eigenvalue weighted by molar-refractivity contribution is 5.63. The maximum absolute atomic E-state index is 6.22. The highest BCUT2D eigenvalue weighted by atomic mass is 16.3. The van der Waals surface area contributed by atoms with E-state index in [1.54, 1.807) is 0 Å². The fourth-order valence-electron chi connectivity index (χ4n) is 2.69. The number of aryl methyl sites for hydroxylation is 1. The van der Waals surface area contributed by atoms with Gasteiger partial charge in [0.2, 0.25) is 5.36 Å². The van der Waals surface area contributed by atoms with Crippen molar-refractivity contribution in [2.45, 2.75) is 53.4 Å². The second-order valence-electron chi connectivity index (χ2n) is 6.59. The molecule has 0 spiro atoms. The molecule has 2 nitrogen and oxygen atoms in total. The van der Waals surface area contributed by atoms with Gasteiger partial charge in [0.1, 0.15) is 24.6 Å². The second-order valence-corrected chi connectivity index (χ2v) is 6.59. The molecule has 2 aliphatic rings. The summed E-state index contributed by atoms with van der Waals surface area (Å²) in [4.78, 5) is 0. The fraction of sp³-hybridized carbons (Fsp3) is 0.526. The Morgan fingerprint density at radius 1 is 1.00 bits per heavy atom. The minimum Gasteiger partial charge on any atom is -0.460 e. The quantitative estimate of drug-likeness (QED) is 0.777. The van der Waals surface area contributed by atoms with Crippen LogP contribution in [0.4, 0.5) is 0 Å². The van der Waals surface area contributed by atoms with Crippen molar-refractivity contribution in [2.75, 3.05) is 13.1 Å². The number of hydrogen-bond donors (Lipinski definition) is 0. The molecule has 0 fully saturated rings. The molecule has 2 heteroatoms. The van der Waals surface area contributed by atoms with E-state index in [1.807, 2.05) is 0 Å². The maximum atomic E-state index is 6.22. The van der Waals surface area contributed by atoms with Crippen molar-refractivity contribution in [3.8, 4) is 11.3 Å². The molecule has 2 rings (SSSR count). The molecule has 1 aliphatic carbocycles. The van der Waals surface area contributed by atoms with Gasteiger partial charge in [-0.1, -0.05) is 27.7 Å². The molecule has 0 bridgehead atoms. The summed E-state index contributed by atoms with van der Waals surface area (Å²) in [7, 11) is 0. The first-order chi connectivity index (χ1) is 9.90. The lowest BCUT2D eigenvalue weighted by atomic mass is 9.90. The first kappa shape index (κ1) is 15.8. The molecule has 0 saturated heterocycles. The van der Waals surface area contributed by atoms with Gasteiger partial charge in [-0.15, -0.1) is 0 Å². The number of nitrogens with zero attached hydrogens (tertiary/aromatic N) is 1. The Kier molecular flexibility index (Phi) is 4.55. The molecule has 0 aromatic carbocycles. The Bertz CT molecular complexity index is 652. The summed E-state index contributed by atoms with van der Waals surface area (Å²) >= 11 is 0. The van der Waals surface area contributed by atoms with E-state index in [4.69, 9.17) is 4.42 Å². The molecule has 1 aliphatic heterocycles. The summed E-state index contributed by atoms with van der Waals surface area (Å²) in [6.45, 7) is 15.2. The lowest BCUT2D eigenvalue weighted by Crippen LogP contribution is -2.29. The van der Waals surface area contributed by atoms with Gasteiger partial charge >= 0.3 is 0 Å². The van der Waals surface area contributed by atoms with Gasteiger partial charge in [-0.2, -0.15) is 0 Å². The zero-order valence-corrected chi connectivity index (χ0v) is 14.3. The van der Waals surface area contributed by atoms with E-state index in [1.165, 1.54) is 16.5 Å². The lowest BCUT2D eigenvalue weighted by Gasteiger charge is -2.21. The van der Waals surface area contributed by atoms with Crippen LogP contribution in [0.5, 0.6) is 0 Å². The maximum Gasteiger partial charge on any atom is 0.203 e. The fourth-order valence-corrected chi connectivity index (χ4v) is 2.69. The number of hydrogen-bond acceptors (Lipinski definition) is 1. The average Bonchev–Trinajstić information content (AvgIpc) is 2.46. The standard InChI is InChI=1S/C19H28NO/c1-7-14-12-18(19(4,5)6)21-17-13-15(10-11-16(14)17)20(8-2)9-3/h10-13H,7-9H2,1-6H3/q+1. The van der Waals surface area contributed by atoms with Crippen molar-refractivity contribution in [2.24, 2.45) is 0 Å². The summed E-state index contributed by atoms with van der Waals surface area (Å²) in [5.41, 5.74) is 2.64. The highest BCUT2D eigenvalue weighted by Crippen LogP contribution is 2.32. The zero-order valence-electron chi connectivity index (χ0n) is 14.3. The van der Waals surface area contributed by atoms with Crippen molar-refractivity contribution in [1.82, 2.24) is 4.58 Å². The van der Waals surface area contributed by atoms with E-state index < -0.39 is 0 Å². The Hall–Kier alpha value is -1.57. The third-order valence-corrected chi connectivity index (χ3v) is 4.09. The van der Waals surface area contributed by atoms with E-state index >= 15 is 0 Å². The van der Waals surface area contributed by atoms with Crippen molar-refractivity contribution < 1.29 is 4.42 Å². The summed E-state index contributed by atoms with van der Waals surface area (Å²) < 4.78 is 8.57. The van der Waals surface area contributed by atoms with Crippen molar-refractivity contribution >= 4 is 0 Å². The normalized spacial score (nSPS) is 11.9. The molecule has 0 aromatic rings. The third kappa shape index (κ3) is 3.20. The van der Waals surface area contributed by atoms with Gasteiger partial charge < -0.3 is 4.42 Å². The van der Waals surface area contributed by atoms with Gasteiger partial charge in [-0.3, -0.25) is 0 Å². The predicted octanol–water partition coefficient (Wildman–Crippen LogP) is 4.06. The second kappa shape index (κ2) is 6.05. The van der Waals surface area contributed by atoms with E-state index in [2.05, 4.69) is 70.4 Å². The molecule has 1 heterocycles. The Labute approximate surface area is 128 Å². The summed E-state index contributed by atoms with van der Waals surface area (Å²) in [5.74, 6) is 2.06. The smallest absolute Gasteiger partial charge is 0.203 e. The molecule has 0 atom stereocenters. The topological polar surface area (TPSA) is 16.1 Å². The molecule has 0 N–H and O–H groups in total. The molecule has 21 heavy (non-hydrogen) atoms. The summed E-state index contributed by atoms with van der Waals surface area (Å²) in [6, 6.07) is 8.83. The largest absolute Gasteiger partial charge is 0.460 e. The molecule has 0 aromatic heterocycles. The molecule has 0 unspecified atom stereocenters. The van der Waals surface area contributed by atoms with E-state index in [9.17, 15) is 0 Å². The van der Waals surface area contributed by atoms with Crippen LogP contribution in [-0.4, -0.2) is 13.1 Å². The highest BCUT2D eigenvalue weighted by Gasteiger charge is 2.21. The number of benzene rings is 1. The van der Waals surface area contributed by atoms with Gasteiger partial charge in [0.25, 0.3) is 0 Å². The van der Waals surface area contributed by atoms with Crippen LogP contribution in [0, 0.1) is 0 Å². The third-order valence-electron chi connectivity index (χ3n) is 4.09. The molecular formula is C19H28NO+. The number of fused-ring (bicyclic) bond motifs is 1. The predicted molar refractivity (Wildman–Crippen MR) is 89.8 cm³/mol. The van der Waals surface area contributed by atoms with Crippen molar-refractivity contribution in [1.29, 1.82) is 0 Å². The van der Waals surface area contributed by atoms with Gasteiger partial charge in [0.15, 0.2) is 0 Å².